The first kappa shape index (κ1) is 13.1. The monoisotopic (exact) mass is 273 g/mol. The van der Waals surface area contributed by atoms with Gasteiger partial charge < -0.3 is 14.6 Å². The van der Waals surface area contributed by atoms with Crippen LogP contribution < -0.4 is 0 Å². The fraction of sp³-hybridized carbons (Fsp3) is 0.467. The average Bonchev–Trinajstić information content (AvgIpc) is 2.98. The Morgan fingerprint density at radius 2 is 1.90 bits per heavy atom. The van der Waals surface area contributed by atoms with E-state index in [9.17, 15) is 4.79 Å². The van der Waals surface area contributed by atoms with E-state index in [0.717, 1.165) is 37.5 Å². The molecule has 2 heterocycles. The van der Waals surface area contributed by atoms with Gasteiger partial charge in [0, 0.05) is 32.6 Å². The maximum absolute atomic E-state index is 12.4. The van der Waals surface area contributed by atoms with Crippen LogP contribution in [0.15, 0.2) is 35.5 Å². The van der Waals surface area contributed by atoms with Crippen molar-refractivity contribution in [2.24, 2.45) is 5.16 Å². The van der Waals surface area contributed by atoms with Gasteiger partial charge in [-0.05, 0) is 12.6 Å². The van der Waals surface area contributed by atoms with Gasteiger partial charge in [-0.25, -0.2) is 0 Å². The number of nitrogens with zero attached hydrogens (tertiary/aromatic N) is 3. The Hall–Kier alpha value is -1.88. The summed E-state index contributed by atoms with van der Waals surface area (Å²) in [6.45, 7) is 3.39. The van der Waals surface area contributed by atoms with Gasteiger partial charge in [0.25, 0.3) is 5.91 Å². The van der Waals surface area contributed by atoms with Crippen molar-refractivity contribution < 1.29 is 9.63 Å². The largest absolute Gasteiger partial charge is 0.382 e. The van der Waals surface area contributed by atoms with E-state index < -0.39 is 6.10 Å². The zero-order valence-electron chi connectivity index (χ0n) is 11.7. The van der Waals surface area contributed by atoms with Gasteiger partial charge in [-0.15, -0.1) is 0 Å². The lowest BCUT2D eigenvalue weighted by atomic mass is 10.0. The summed E-state index contributed by atoms with van der Waals surface area (Å²) in [5.41, 5.74) is 1.89. The van der Waals surface area contributed by atoms with Gasteiger partial charge in [0.05, 0.1) is 5.71 Å². The topological polar surface area (TPSA) is 45.1 Å². The quantitative estimate of drug-likeness (QED) is 0.806. The highest BCUT2D eigenvalue weighted by molar-refractivity contribution is 6.04. The molecule has 0 N–H and O–H groups in total. The third-order valence-electron chi connectivity index (χ3n) is 3.87. The number of rotatable bonds is 2. The molecule has 2 aliphatic heterocycles. The molecule has 0 bridgehead atoms. The average molecular weight is 273 g/mol. The lowest BCUT2D eigenvalue weighted by Gasteiger charge is -2.33. The van der Waals surface area contributed by atoms with Crippen LogP contribution in [0.3, 0.4) is 0 Å². The molecule has 0 saturated carbocycles. The number of amides is 1. The van der Waals surface area contributed by atoms with Crippen LogP contribution in [-0.4, -0.2) is 60.7 Å². The van der Waals surface area contributed by atoms with Crippen molar-refractivity contribution in [2.75, 3.05) is 33.2 Å². The van der Waals surface area contributed by atoms with E-state index in [1.165, 1.54) is 0 Å². The lowest BCUT2D eigenvalue weighted by Crippen LogP contribution is -2.50. The predicted octanol–water partition coefficient (Wildman–Crippen LogP) is 0.954. The van der Waals surface area contributed by atoms with Crippen LogP contribution in [0.25, 0.3) is 0 Å². The number of hydrogen-bond acceptors (Lipinski definition) is 4. The van der Waals surface area contributed by atoms with Crippen molar-refractivity contribution >= 4 is 11.6 Å². The molecule has 1 aromatic rings. The van der Waals surface area contributed by atoms with Gasteiger partial charge in [0.2, 0.25) is 6.10 Å². The van der Waals surface area contributed by atoms with Gasteiger partial charge >= 0.3 is 0 Å². The first-order valence-electron chi connectivity index (χ1n) is 6.99. The lowest BCUT2D eigenvalue weighted by molar-refractivity contribution is -0.143. The maximum atomic E-state index is 12.4. The maximum Gasteiger partial charge on any atom is 0.266 e. The van der Waals surface area contributed by atoms with Gasteiger partial charge in [-0.1, -0.05) is 35.5 Å². The predicted molar refractivity (Wildman–Crippen MR) is 76.5 cm³/mol. The van der Waals surface area contributed by atoms with Crippen molar-refractivity contribution in [3.05, 3.63) is 35.9 Å². The second kappa shape index (κ2) is 5.63. The number of oxime groups is 1. The molecular weight excluding hydrogens is 254 g/mol. The second-order valence-electron chi connectivity index (χ2n) is 5.33. The Morgan fingerprint density at radius 3 is 2.60 bits per heavy atom. The highest BCUT2D eigenvalue weighted by Crippen LogP contribution is 2.18. The fourth-order valence-corrected chi connectivity index (χ4v) is 2.54. The number of likely N-dealkylation sites (N-methyl/N-ethyl adjacent to an activating group) is 1. The molecule has 20 heavy (non-hydrogen) atoms. The molecule has 5 heteroatoms. The molecule has 106 valence electrons. The molecule has 1 fully saturated rings. The Morgan fingerprint density at radius 1 is 1.20 bits per heavy atom. The highest BCUT2D eigenvalue weighted by Gasteiger charge is 2.33. The Balaban J connectivity index is 1.60. The molecule has 1 atom stereocenters. The normalized spacial score (nSPS) is 23.4. The zero-order chi connectivity index (χ0) is 13.9. The van der Waals surface area contributed by atoms with E-state index in [1.807, 2.05) is 35.2 Å². The molecule has 5 nitrogen and oxygen atoms in total. The summed E-state index contributed by atoms with van der Waals surface area (Å²) in [6.07, 6.45) is 0.114. The van der Waals surface area contributed by atoms with E-state index in [4.69, 9.17) is 4.84 Å². The number of benzene rings is 1. The Kier molecular flexibility index (Phi) is 3.69. The second-order valence-corrected chi connectivity index (χ2v) is 5.33. The summed E-state index contributed by atoms with van der Waals surface area (Å²) in [4.78, 5) is 21.8. The van der Waals surface area contributed by atoms with Crippen molar-refractivity contribution in [1.82, 2.24) is 9.80 Å². The third kappa shape index (κ3) is 2.67. The standard InChI is InChI=1S/C15H19N3O2/c1-17-7-9-18(10-8-17)15(19)14-11-13(16-20-14)12-5-3-2-4-6-12/h2-6,14H,7-11H2,1H3/t14-/m0/s1. The van der Waals surface area contributed by atoms with Crippen LogP contribution in [0.2, 0.25) is 0 Å². The molecule has 1 saturated heterocycles. The van der Waals surface area contributed by atoms with Gasteiger partial charge in [0.15, 0.2) is 0 Å². The molecule has 3 rings (SSSR count). The molecule has 0 spiro atoms. The molecule has 0 aliphatic carbocycles. The molecule has 0 radical (unpaired) electrons. The van der Waals surface area contributed by atoms with E-state index in [0.29, 0.717) is 6.42 Å². The smallest absolute Gasteiger partial charge is 0.266 e. The van der Waals surface area contributed by atoms with Crippen molar-refractivity contribution in [3.8, 4) is 0 Å². The van der Waals surface area contributed by atoms with Crippen LogP contribution in [-0.2, 0) is 9.63 Å². The summed E-state index contributed by atoms with van der Waals surface area (Å²) in [6, 6.07) is 9.88. The van der Waals surface area contributed by atoms with Crippen LogP contribution in [0, 0.1) is 0 Å². The van der Waals surface area contributed by atoms with E-state index in [1.54, 1.807) is 0 Å². The summed E-state index contributed by atoms with van der Waals surface area (Å²) >= 11 is 0. The van der Waals surface area contributed by atoms with Crippen molar-refractivity contribution in [3.63, 3.8) is 0 Å². The minimum absolute atomic E-state index is 0.0628. The molecule has 1 amide bonds. The van der Waals surface area contributed by atoms with Gasteiger partial charge in [0.1, 0.15) is 0 Å². The summed E-state index contributed by atoms with van der Waals surface area (Å²) in [5, 5.41) is 4.08. The van der Waals surface area contributed by atoms with E-state index in [2.05, 4.69) is 17.1 Å². The Bertz CT molecular complexity index is 507. The highest BCUT2D eigenvalue weighted by atomic mass is 16.6. The number of carbonyl (C=O) groups excluding carboxylic acids is 1. The summed E-state index contributed by atoms with van der Waals surface area (Å²) < 4.78 is 0. The Labute approximate surface area is 118 Å². The van der Waals surface area contributed by atoms with E-state index in [-0.39, 0.29) is 5.91 Å². The molecule has 0 aromatic heterocycles. The molecule has 1 aromatic carbocycles. The third-order valence-corrected chi connectivity index (χ3v) is 3.87. The van der Waals surface area contributed by atoms with Crippen LogP contribution in [0.1, 0.15) is 12.0 Å². The zero-order valence-corrected chi connectivity index (χ0v) is 11.7. The number of carbonyl (C=O) groups is 1. The number of piperazine rings is 1. The van der Waals surface area contributed by atoms with E-state index >= 15 is 0 Å². The van der Waals surface area contributed by atoms with Crippen LogP contribution in [0.5, 0.6) is 0 Å². The van der Waals surface area contributed by atoms with Crippen molar-refractivity contribution in [2.45, 2.75) is 12.5 Å². The molecule has 2 aliphatic rings. The van der Waals surface area contributed by atoms with Crippen LogP contribution >= 0.6 is 0 Å². The van der Waals surface area contributed by atoms with Gasteiger partial charge in [-0.3, -0.25) is 4.79 Å². The summed E-state index contributed by atoms with van der Waals surface area (Å²) in [5.74, 6) is 0.0628. The first-order valence-corrected chi connectivity index (χ1v) is 6.99. The summed E-state index contributed by atoms with van der Waals surface area (Å²) in [7, 11) is 2.07. The first-order chi connectivity index (χ1) is 9.74. The van der Waals surface area contributed by atoms with Crippen LogP contribution in [0.4, 0.5) is 0 Å². The fourth-order valence-electron chi connectivity index (χ4n) is 2.54. The minimum Gasteiger partial charge on any atom is -0.382 e. The van der Waals surface area contributed by atoms with Gasteiger partial charge in [-0.2, -0.15) is 0 Å². The number of hydrogen-bond donors (Lipinski definition) is 0. The minimum atomic E-state index is -0.450. The van der Waals surface area contributed by atoms with Crippen molar-refractivity contribution in [1.29, 1.82) is 0 Å². The molecular formula is C15H19N3O2. The molecule has 0 unspecified atom stereocenters. The SMILES string of the molecule is CN1CCN(C(=O)[C@@H]2CC(c3ccccc3)=NO2)CC1.